The molecular formula is C9H9Br2NOS. The maximum absolute atomic E-state index is 10.0. The van der Waals surface area contributed by atoms with Gasteiger partial charge in [0.05, 0.1) is 9.83 Å². The topological polar surface area (TPSA) is 32.3 Å². The molecule has 0 radical (unpaired) electrons. The largest absolute Gasteiger partial charge is 0.386 e. The molecule has 2 rings (SSSR count). The van der Waals surface area contributed by atoms with Crippen LogP contribution in [0.25, 0.3) is 0 Å². The minimum absolute atomic E-state index is 0.0486. The van der Waals surface area contributed by atoms with Crippen molar-refractivity contribution in [1.82, 2.24) is 5.32 Å². The number of hydrogen-bond acceptors (Lipinski definition) is 3. The lowest BCUT2D eigenvalue weighted by Gasteiger charge is -2.15. The lowest BCUT2D eigenvalue weighted by atomic mass is 10.1. The van der Waals surface area contributed by atoms with Gasteiger partial charge < -0.3 is 10.4 Å². The number of halogens is 2. The van der Waals surface area contributed by atoms with E-state index in [4.69, 9.17) is 0 Å². The Morgan fingerprint density at radius 1 is 1.57 bits per heavy atom. The Bertz CT molecular complexity index is 344. The molecule has 2 N–H and O–H groups in total. The number of nitrogens with one attached hydrogen (secondary N) is 1. The van der Waals surface area contributed by atoms with E-state index < -0.39 is 6.10 Å². The van der Waals surface area contributed by atoms with Crippen LogP contribution in [0.4, 0.5) is 0 Å². The molecule has 2 heterocycles. The van der Waals surface area contributed by atoms with E-state index >= 15 is 0 Å². The van der Waals surface area contributed by atoms with Crippen molar-refractivity contribution in [3.63, 3.8) is 0 Å². The smallest absolute Gasteiger partial charge is 0.107 e. The van der Waals surface area contributed by atoms with Gasteiger partial charge in [-0.1, -0.05) is 12.2 Å². The standard InChI is InChI=1S/C9H9Br2NOS/c10-5-4-7(14-9(5)11)8(13)6-2-1-3-12-6/h1-2,4,6,8,12-13H,3H2. The molecule has 0 saturated heterocycles. The van der Waals surface area contributed by atoms with E-state index in [1.165, 1.54) is 0 Å². The summed E-state index contributed by atoms with van der Waals surface area (Å²) in [5, 5.41) is 13.2. The van der Waals surface area contributed by atoms with Crippen molar-refractivity contribution in [1.29, 1.82) is 0 Å². The molecule has 5 heteroatoms. The average Bonchev–Trinajstić information content (AvgIpc) is 2.76. The normalized spacial score (nSPS) is 22.9. The SMILES string of the molecule is OC(c1cc(Br)c(Br)s1)C1C=CCN1. The summed E-state index contributed by atoms with van der Waals surface area (Å²) < 4.78 is 2.02. The van der Waals surface area contributed by atoms with Crippen molar-refractivity contribution in [2.45, 2.75) is 12.1 Å². The molecule has 1 aromatic rings. The highest BCUT2D eigenvalue weighted by Crippen LogP contribution is 2.36. The fourth-order valence-electron chi connectivity index (χ4n) is 1.39. The second-order valence-electron chi connectivity index (χ2n) is 3.08. The van der Waals surface area contributed by atoms with Crippen LogP contribution in [0, 0.1) is 0 Å². The van der Waals surface area contributed by atoms with Gasteiger partial charge in [0.25, 0.3) is 0 Å². The molecule has 0 saturated carbocycles. The monoisotopic (exact) mass is 337 g/mol. The number of aliphatic hydroxyl groups is 1. The Labute approximate surface area is 103 Å². The van der Waals surface area contributed by atoms with Gasteiger partial charge in [-0.15, -0.1) is 11.3 Å². The van der Waals surface area contributed by atoms with Crippen molar-refractivity contribution in [2.75, 3.05) is 6.54 Å². The van der Waals surface area contributed by atoms with E-state index in [0.717, 1.165) is 19.7 Å². The van der Waals surface area contributed by atoms with Crippen molar-refractivity contribution in [3.05, 3.63) is 31.4 Å². The number of hydrogen-bond donors (Lipinski definition) is 2. The zero-order valence-electron chi connectivity index (χ0n) is 7.21. The van der Waals surface area contributed by atoms with Crippen LogP contribution < -0.4 is 5.32 Å². The molecule has 2 unspecified atom stereocenters. The van der Waals surface area contributed by atoms with E-state index in [9.17, 15) is 5.11 Å². The van der Waals surface area contributed by atoms with Crippen molar-refractivity contribution >= 4 is 43.2 Å². The summed E-state index contributed by atoms with van der Waals surface area (Å²) in [5.41, 5.74) is 0. The van der Waals surface area contributed by atoms with Gasteiger partial charge in [0.2, 0.25) is 0 Å². The third kappa shape index (κ3) is 2.12. The van der Waals surface area contributed by atoms with E-state index in [-0.39, 0.29) is 6.04 Å². The van der Waals surface area contributed by atoms with E-state index in [1.807, 2.05) is 18.2 Å². The molecule has 2 atom stereocenters. The van der Waals surface area contributed by atoms with E-state index in [1.54, 1.807) is 11.3 Å². The second kappa shape index (κ2) is 4.45. The lowest BCUT2D eigenvalue weighted by molar-refractivity contribution is 0.156. The predicted octanol–water partition coefficient (Wildman–Crippen LogP) is 2.83. The molecule has 0 bridgehead atoms. The first-order valence-corrected chi connectivity index (χ1v) is 6.61. The van der Waals surface area contributed by atoms with Crippen LogP contribution in [-0.2, 0) is 0 Å². The van der Waals surface area contributed by atoms with E-state index in [2.05, 4.69) is 37.2 Å². The Kier molecular flexibility index (Phi) is 3.44. The molecular weight excluding hydrogens is 330 g/mol. The van der Waals surface area contributed by atoms with E-state index in [0.29, 0.717) is 0 Å². The summed E-state index contributed by atoms with van der Waals surface area (Å²) in [6.07, 6.45) is 3.58. The molecule has 14 heavy (non-hydrogen) atoms. The minimum Gasteiger partial charge on any atom is -0.386 e. The summed E-state index contributed by atoms with van der Waals surface area (Å²) in [6, 6.07) is 2.00. The van der Waals surface area contributed by atoms with Crippen LogP contribution in [0.15, 0.2) is 26.5 Å². The first-order chi connectivity index (χ1) is 6.68. The third-order valence-corrected chi connectivity index (χ3v) is 5.44. The predicted molar refractivity (Wildman–Crippen MR) is 65.6 cm³/mol. The van der Waals surface area contributed by atoms with Crippen LogP contribution in [0.1, 0.15) is 11.0 Å². The number of thiophene rings is 1. The average molecular weight is 339 g/mol. The summed E-state index contributed by atoms with van der Waals surface area (Å²) >= 11 is 8.38. The fraction of sp³-hybridized carbons (Fsp3) is 0.333. The van der Waals surface area contributed by atoms with Crippen molar-refractivity contribution < 1.29 is 5.11 Å². The fourth-order valence-corrected chi connectivity index (χ4v) is 3.51. The third-order valence-electron chi connectivity index (χ3n) is 2.11. The second-order valence-corrected chi connectivity index (χ2v) is 6.33. The molecule has 2 nitrogen and oxygen atoms in total. The van der Waals surface area contributed by atoms with Gasteiger partial charge in [-0.05, 0) is 37.9 Å². The molecule has 0 aromatic carbocycles. The summed E-state index contributed by atoms with van der Waals surface area (Å²) in [7, 11) is 0. The van der Waals surface area contributed by atoms with Crippen LogP contribution in [0.5, 0.6) is 0 Å². The Morgan fingerprint density at radius 2 is 2.36 bits per heavy atom. The highest BCUT2D eigenvalue weighted by atomic mass is 79.9. The Balaban J connectivity index is 2.17. The van der Waals surface area contributed by atoms with Crippen LogP contribution in [-0.4, -0.2) is 17.7 Å². The molecule has 1 aliphatic rings. The van der Waals surface area contributed by atoms with Gasteiger partial charge in [-0.2, -0.15) is 0 Å². The molecule has 0 amide bonds. The summed E-state index contributed by atoms with van der Waals surface area (Å²) in [6.45, 7) is 0.843. The first-order valence-electron chi connectivity index (χ1n) is 4.21. The maximum atomic E-state index is 10.0. The molecule has 0 aliphatic carbocycles. The zero-order chi connectivity index (χ0) is 10.1. The highest BCUT2D eigenvalue weighted by Gasteiger charge is 2.22. The molecule has 0 fully saturated rings. The molecule has 1 aromatic heterocycles. The van der Waals surface area contributed by atoms with Gasteiger partial charge in [-0.25, -0.2) is 0 Å². The summed E-state index contributed by atoms with van der Waals surface area (Å²) in [5.74, 6) is 0. The number of aliphatic hydroxyl groups excluding tert-OH is 1. The van der Waals surface area contributed by atoms with Crippen LogP contribution in [0.3, 0.4) is 0 Å². The molecule has 1 aliphatic heterocycles. The Morgan fingerprint density at radius 3 is 2.86 bits per heavy atom. The maximum Gasteiger partial charge on any atom is 0.107 e. The summed E-state index contributed by atoms with van der Waals surface area (Å²) in [4.78, 5) is 0.966. The number of rotatable bonds is 2. The van der Waals surface area contributed by atoms with Gasteiger partial charge in [0.1, 0.15) is 6.10 Å². The van der Waals surface area contributed by atoms with Crippen LogP contribution in [0.2, 0.25) is 0 Å². The van der Waals surface area contributed by atoms with Gasteiger partial charge in [0.15, 0.2) is 0 Å². The molecule has 0 spiro atoms. The zero-order valence-corrected chi connectivity index (χ0v) is 11.2. The van der Waals surface area contributed by atoms with Crippen molar-refractivity contribution in [3.8, 4) is 0 Å². The Hall–Kier alpha value is 0.320. The van der Waals surface area contributed by atoms with Gasteiger partial charge >= 0.3 is 0 Å². The quantitative estimate of drug-likeness (QED) is 0.813. The lowest BCUT2D eigenvalue weighted by Crippen LogP contribution is -2.28. The molecule has 76 valence electrons. The van der Waals surface area contributed by atoms with Crippen molar-refractivity contribution in [2.24, 2.45) is 0 Å². The van der Waals surface area contributed by atoms with Gasteiger partial charge in [-0.3, -0.25) is 0 Å². The van der Waals surface area contributed by atoms with Gasteiger partial charge in [0, 0.05) is 15.9 Å². The first kappa shape index (κ1) is 10.8. The minimum atomic E-state index is -0.457. The van der Waals surface area contributed by atoms with Crippen LogP contribution >= 0.6 is 43.2 Å². The highest BCUT2D eigenvalue weighted by molar-refractivity contribution is 9.13.